The SMILES string of the molecule is CC1(C)OB(c2cc(C#N)cc(NCc3ccc(CN4CC(O[Si](C)(C)C(C)(C)C)C(O[Si](C)(C)C(C)(C)C)C(O[Si](C)(C)C(C)(C)C)[C@H]4CO[Si](C)(C)C(C)(C)C)cc3)c2)OC1(C)C. The van der Waals surface area contributed by atoms with Crippen molar-refractivity contribution in [2.75, 3.05) is 18.5 Å². The third kappa shape index (κ3) is 13.2. The lowest BCUT2D eigenvalue weighted by molar-refractivity contribution is -0.130. The molecule has 2 aliphatic heterocycles. The van der Waals surface area contributed by atoms with Crippen LogP contribution in [0.3, 0.4) is 0 Å². The van der Waals surface area contributed by atoms with Gasteiger partial charge in [-0.3, -0.25) is 4.90 Å². The molecule has 366 valence electrons. The molecule has 65 heavy (non-hydrogen) atoms. The highest BCUT2D eigenvalue weighted by Gasteiger charge is 2.56. The Hall–Kier alpha value is -1.62. The molecule has 0 aliphatic carbocycles. The molecule has 2 aromatic carbocycles. The summed E-state index contributed by atoms with van der Waals surface area (Å²) in [4.78, 5) is 2.62. The Morgan fingerprint density at radius 1 is 0.662 bits per heavy atom. The van der Waals surface area contributed by atoms with E-state index in [2.05, 4.69) is 176 Å². The Labute approximate surface area is 402 Å². The summed E-state index contributed by atoms with van der Waals surface area (Å²) in [5.74, 6) is 0. The van der Waals surface area contributed by atoms with Crippen molar-refractivity contribution in [1.29, 1.82) is 5.26 Å². The van der Waals surface area contributed by atoms with Crippen molar-refractivity contribution in [3.63, 3.8) is 0 Å². The molecule has 0 amide bonds. The largest absolute Gasteiger partial charge is 0.494 e. The van der Waals surface area contributed by atoms with Crippen molar-refractivity contribution in [3.05, 3.63) is 59.2 Å². The molecule has 0 spiro atoms. The molecule has 2 heterocycles. The van der Waals surface area contributed by atoms with Gasteiger partial charge in [-0.15, -0.1) is 0 Å². The van der Waals surface area contributed by atoms with Crippen molar-refractivity contribution in [1.82, 2.24) is 4.90 Å². The van der Waals surface area contributed by atoms with Crippen LogP contribution in [0.4, 0.5) is 5.69 Å². The lowest BCUT2D eigenvalue weighted by Crippen LogP contribution is -2.70. The molecule has 2 saturated heterocycles. The molecule has 0 aromatic heterocycles. The zero-order valence-corrected chi connectivity index (χ0v) is 49.6. The first-order valence-electron chi connectivity index (χ1n) is 24.3. The van der Waals surface area contributed by atoms with E-state index in [1.165, 1.54) is 5.56 Å². The summed E-state index contributed by atoms with van der Waals surface area (Å²) in [6.07, 6.45) is -0.687. The molecule has 2 aliphatic rings. The molecule has 0 bridgehead atoms. The van der Waals surface area contributed by atoms with Gasteiger partial charge in [0.1, 0.15) is 0 Å². The first-order chi connectivity index (χ1) is 29.1. The average molecular weight is 966 g/mol. The molecule has 4 rings (SSSR count). The van der Waals surface area contributed by atoms with Gasteiger partial charge < -0.3 is 32.3 Å². The first-order valence-corrected chi connectivity index (χ1v) is 35.9. The van der Waals surface area contributed by atoms with E-state index in [1.807, 2.05) is 45.9 Å². The summed E-state index contributed by atoms with van der Waals surface area (Å²) in [7, 11) is -9.64. The van der Waals surface area contributed by atoms with Crippen LogP contribution in [0.15, 0.2) is 42.5 Å². The number of nitrogens with one attached hydrogen (secondary N) is 1. The van der Waals surface area contributed by atoms with Gasteiger partial charge in [-0.25, -0.2) is 0 Å². The summed E-state index contributed by atoms with van der Waals surface area (Å²) in [6.45, 7) is 57.8. The highest BCUT2D eigenvalue weighted by molar-refractivity contribution is 6.75. The van der Waals surface area contributed by atoms with Crippen molar-refractivity contribution in [2.45, 2.75) is 232 Å². The van der Waals surface area contributed by atoms with Gasteiger partial charge in [0.15, 0.2) is 33.3 Å². The molecule has 9 nitrogen and oxygen atoms in total. The summed E-state index contributed by atoms with van der Waals surface area (Å²) < 4.78 is 43.0. The van der Waals surface area contributed by atoms with Crippen molar-refractivity contribution < 1.29 is 27.0 Å². The van der Waals surface area contributed by atoms with Gasteiger partial charge in [-0.2, -0.15) is 5.26 Å². The maximum atomic E-state index is 9.94. The Bertz CT molecular complexity index is 1960. The molecule has 0 saturated carbocycles. The predicted molar refractivity (Wildman–Crippen MR) is 284 cm³/mol. The van der Waals surface area contributed by atoms with Crippen LogP contribution in [0.25, 0.3) is 0 Å². The van der Waals surface area contributed by atoms with Crippen LogP contribution in [0, 0.1) is 11.3 Å². The first kappa shape index (κ1) is 56.0. The maximum Gasteiger partial charge on any atom is 0.494 e. The number of nitrogens with zero attached hydrogens (tertiary/aromatic N) is 2. The molecular weight excluding hydrogens is 874 g/mol. The van der Waals surface area contributed by atoms with Crippen LogP contribution in [0.5, 0.6) is 0 Å². The normalized spacial score (nSPS) is 22.8. The van der Waals surface area contributed by atoms with Crippen LogP contribution in [-0.2, 0) is 40.1 Å². The third-order valence-electron chi connectivity index (χ3n) is 16.6. The highest BCUT2D eigenvalue weighted by Crippen LogP contribution is 2.46. The number of hydrogen-bond donors (Lipinski definition) is 1. The van der Waals surface area contributed by atoms with Crippen LogP contribution in [0.2, 0.25) is 72.5 Å². The van der Waals surface area contributed by atoms with E-state index in [9.17, 15) is 5.26 Å². The summed E-state index contributed by atoms with van der Waals surface area (Å²) in [5.41, 5.74) is 3.67. The number of piperidine rings is 1. The lowest BCUT2D eigenvalue weighted by Gasteiger charge is -2.56. The molecule has 4 atom stereocenters. The minimum Gasteiger partial charge on any atom is -0.415 e. The van der Waals surface area contributed by atoms with Gasteiger partial charge in [0.05, 0.1) is 53.8 Å². The quantitative estimate of drug-likeness (QED) is 0.175. The fraction of sp³-hybridized carbons (Fsp3) is 0.745. The minimum atomic E-state index is -2.35. The average Bonchev–Trinajstić information content (AvgIpc) is 3.35. The van der Waals surface area contributed by atoms with Crippen LogP contribution in [0.1, 0.15) is 127 Å². The van der Waals surface area contributed by atoms with Gasteiger partial charge in [0.25, 0.3) is 0 Å². The fourth-order valence-corrected chi connectivity index (χ4v) is 12.1. The molecule has 2 fully saturated rings. The van der Waals surface area contributed by atoms with Crippen molar-refractivity contribution >= 4 is 51.5 Å². The number of likely N-dealkylation sites (tertiary alicyclic amines) is 1. The second-order valence-electron chi connectivity index (χ2n) is 26.4. The predicted octanol–water partition coefficient (Wildman–Crippen LogP) is 12.8. The van der Waals surface area contributed by atoms with Gasteiger partial charge in [-0.05, 0) is 135 Å². The van der Waals surface area contributed by atoms with E-state index in [0.717, 1.165) is 29.8 Å². The fourth-order valence-electron chi connectivity index (χ4n) is 7.12. The second kappa shape index (κ2) is 19.3. The molecule has 14 heteroatoms. The van der Waals surface area contributed by atoms with Crippen LogP contribution < -0.4 is 10.8 Å². The highest BCUT2D eigenvalue weighted by atomic mass is 28.4. The smallest absolute Gasteiger partial charge is 0.415 e. The van der Waals surface area contributed by atoms with Gasteiger partial charge in [0, 0.05) is 25.3 Å². The Kier molecular flexibility index (Phi) is 16.6. The van der Waals surface area contributed by atoms with Gasteiger partial charge in [0.2, 0.25) is 0 Å². The molecule has 1 N–H and O–H groups in total. The van der Waals surface area contributed by atoms with Crippen LogP contribution in [-0.4, -0.2) is 94.0 Å². The number of hydrogen-bond acceptors (Lipinski definition) is 9. The third-order valence-corrected chi connectivity index (χ3v) is 34.6. The number of nitriles is 1. The zero-order valence-electron chi connectivity index (χ0n) is 45.6. The lowest BCUT2D eigenvalue weighted by atomic mass is 9.78. The number of benzene rings is 2. The van der Waals surface area contributed by atoms with Crippen molar-refractivity contribution in [2.24, 2.45) is 0 Å². The molecular formula is C51H92BN3O6Si4. The Morgan fingerprint density at radius 2 is 1.11 bits per heavy atom. The van der Waals surface area contributed by atoms with E-state index >= 15 is 0 Å². The topological polar surface area (TPSA) is 94.4 Å². The van der Waals surface area contributed by atoms with E-state index in [1.54, 1.807) is 0 Å². The summed E-state index contributed by atoms with van der Waals surface area (Å²) in [6, 6.07) is 17.0. The summed E-state index contributed by atoms with van der Waals surface area (Å²) >= 11 is 0. The monoisotopic (exact) mass is 966 g/mol. The van der Waals surface area contributed by atoms with Gasteiger partial charge >= 0.3 is 7.12 Å². The summed E-state index contributed by atoms with van der Waals surface area (Å²) in [5, 5.41) is 13.6. The number of rotatable bonds is 15. The minimum absolute atomic E-state index is 0.00488. The second-order valence-corrected chi connectivity index (χ2v) is 45.5. The maximum absolute atomic E-state index is 9.94. The Morgan fingerprint density at radius 3 is 1.57 bits per heavy atom. The van der Waals surface area contributed by atoms with E-state index in [0.29, 0.717) is 18.7 Å². The van der Waals surface area contributed by atoms with Crippen LogP contribution >= 0.6 is 0 Å². The molecule has 2 aromatic rings. The van der Waals surface area contributed by atoms with Crippen molar-refractivity contribution in [3.8, 4) is 6.07 Å². The van der Waals surface area contributed by atoms with Gasteiger partial charge in [-0.1, -0.05) is 107 Å². The number of anilines is 1. The standard InChI is InChI=1S/C51H92BN3O6Si4/c1-46(2,3)62(17,18)56-36-42-44(58-64(21,22)48(7,8)9)45(59-65(23,24)49(10,11)12)43(57-63(19,20)47(4,5)6)35-55(42)34-38-27-25-37(26-28-38)33-54-41-30-39(32-53)29-40(31-41)52-60-50(13,14)51(15,16)61-52/h25-31,42-45,54H,33-36H2,1-24H3/t42-,43?,44?,45?/m1/s1. The molecule has 0 radical (unpaired) electrons. The van der Waals surface area contributed by atoms with E-state index < -0.39 is 51.6 Å². The van der Waals surface area contributed by atoms with E-state index in [4.69, 9.17) is 27.0 Å². The molecule has 3 unspecified atom stereocenters. The Balaban J connectivity index is 1.76. The van der Waals surface area contributed by atoms with E-state index in [-0.39, 0.29) is 44.5 Å². The zero-order chi connectivity index (χ0) is 49.8.